The molecule has 0 bridgehead atoms. The fraction of sp³-hybridized carbons (Fsp3) is 0.235. The number of nitrogens with one attached hydrogen (secondary N) is 1. The van der Waals surface area contributed by atoms with Crippen molar-refractivity contribution in [3.05, 3.63) is 64.7 Å². The molecule has 24 heavy (non-hydrogen) atoms. The summed E-state index contributed by atoms with van der Waals surface area (Å²) in [6.07, 6.45) is -5.12. The molecular weight excluding hydrogens is 343 g/mol. The van der Waals surface area contributed by atoms with E-state index in [-0.39, 0.29) is 12.5 Å². The Bertz CT molecular complexity index is 684. The first kappa shape index (κ1) is 18.1. The molecule has 3 nitrogen and oxygen atoms in total. The molecule has 0 fully saturated rings. The van der Waals surface area contributed by atoms with E-state index >= 15 is 0 Å². The maximum Gasteiger partial charge on any atom is 0.416 e. The van der Waals surface area contributed by atoms with Crippen LogP contribution in [0.5, 0.6) is 5.75 Å². The van der Waals surface area contributed by atoms with Gasteiger partial charge in [0.1, 0.15) is 5.75 Å². The Kier molecular flexibility index (Phi) is 5.72. The quantitative estimate of drug-likeness (QED) is 0.859. The third-order valence-electron chi connectivity index (χ3n) is 3.24. The molecule has 7 heteroatoms. The molecule has 0 aromatic heterocycles. The third-order valence-corrected chi connectivity index (χ3v) is 3.50. The fourth-order valence-electron chi connectivity index (χ4n) is 1.92. The van der Waals surface area contributed by atoms with Crippen LogP contribution in [0.3, 0.4) is 0 Å². The van der Waals surface area contributed by atoms with Crippen molar-refractivity contribution in [2.45, 2.75) is 25.7 Å². The van der Waals surface area contributed by atoms with Crippen molar-refractivity contribution in [2.75, 3.05) is 0 Å². The first-order valence-electron chi connectivity index (χ1n) is 7.12. The Morgan fingerprint density at radius 3 is 2.25 bits per heavy atom. The van der Waals surface area contributed by atoms with E-state index in [0.717, 1.165) is 12.1 Å². The number of alkyl halides is 3. The van der Waals surface area contributed by atoms with Crippen LogP contribution in [0.1, 0.15) is 18.1 Å². The van der Waals surface area contributed by atoms with Crippen molar-refractivity contribution >= 4 is 17.5 Å². The number of ether oxygens (including phenoxy) is 1. The maximum absolute atomic E-state index is 12.5. The van der Waals surface area contributed by atoms with Crippen molar-refractivity contribution in [3.8, 4) is 5.75 Å². The highest BCUT2D eigenvalue weighted by molar-refractivity contribution is 6.30. The van der Waals surface area contributed by atoms with E-state index in [0.29, 0.717) is 16.3 Å². The number of carbonyl (C=O) groups excluding carboxylic acids is 1. The van der Waals surface area contributed by atoms with Gasteiger partial charge in [0.15, 0.2) is 6.10 Å². The molecule has 1 atom stereocenters. The van der Waals surface area contributed by atoms with Crippen LogP contribution in [0.4, 0.5) is 13.2 Å². The molecular formula is C17H15ClF3NO2. The number of rotatable bonds is 5. The van der Waals surface area contributed by atoms with Gasteiger partial charge in [0.25, 0.3) is 5.91 Å². The minimum atomic E-state index is -4.37. The molecule has 0 saturated carbocycles. The molecule has 0 saturated heterocycles. The van der Waals surface area contributed by atoms with E-state index in [9.17, 15) is 18.0 Å². The van der Waals surface area contributed by atoms with E-state index in [1.54, 1.807) is 31.2 Å². The van der Waals surface area contributed by atoms with Crippen molar-refractivity contribution in [1.29, 1.82) is 0 Å². The highest BCUT2D eigenvalue weighted by Gasteiger charge is 2.29. The smallest absolute Gasteiger partial charge is 0.416 e. The molecule has 1 N–H and O–H groups in total. The van der Waals surface area contributed by atoms with Crippen molar-refractivity contribution < 1.29 is 22.7 Å². The van der Waals surface area contributed by atoms with Gasteiger partial charge in [0.2, 0.25) is 0 Å². The zero-order valence-electron chi connectivity index (χ0n) is 12.7. The average molecular weight is 358 g/mol. The van der Waals surface area contributed by atoms with Gasteiger partial charge in [-0.05, 0) is 48.9 Å². The van der Waals surface area contributed by atoms with Crippen LogP contribution in [0.25, 0.3) is 0 Å². The molecule has 0 aliphatic carbocycles. The summed E-state index contributed by atoms with van der Waals surface area (Å²) in [6.45, 7) is 1.70. The summed E-state index contributed by atoms with van der Waals surface area (Å²) in [7, 11) is 0. The molecule has 2 aromatic rings. The number of amides is 1. The Hall–Kier alpha value is -2.21. The summed E-state index contributed by atoms with van der Waals surface area (Å²) in [5, 5.41) is 3.17. The predicted molar refractivity (Wildman–Crippen MR) is 84.8 cm³/mol. The van der Waals surface area contributed by atoms with E-state index in [1.807, 2.05) is 0 Å². The van der Waals surface area contributed by atoms with Crippen molar-refractivity contribution in [2.24, 2.45) is 0 Å². The highest BCUT2D eigenvalue weighted by Crippen LogP contribution is 2.29. The molecule has 0 aliphatic heterocycles. The summed E-state index contributed by atoms with van der Waals surface area (Å²) in [6, 6.07) is 11.2. The standard InChI is InChI=1S/C17H15ClF3NO2/c1-11(24-15-8-6-14(18)7-9-15)16(23)22-10-12-2-4-13(5-3-12)17(19,20)21/h2-9,11H,10H2,1H3,(H,22,23). The van der Waals surface area contributed by atoms with Gasteiger partial charge < -0.3 is 10.1 Å². The van der Waals surface area contributed by atoms with Gasteiger partial charge in [-0.25, -0.2) is 0 Å². The lowest BCUT2D eigenvalue weighted by atomic mass is 10.1. The average Bonchev–Trinajstić information content (AvgIpc) is 2.54. The molecule has 128 valence electrons. The Labute approximate surface area is 142 Å². The topological polar surface area (TPSA) is 38.3 Å². The van der Waals surface area contributed by atoms with Crippen LogP contribution in [-0.2, 0) is 17.5 Å². The van der Waals surface area contributed by atoms with Gasteiger partial charge in [0, 0.05) is 11.6 Å². The van der Waals surface area contributed by atoms with Gasteiger partial charge in [-0.1, -0.05) is 23.7 Å². The maximum atomic E-state index is 12.5. The SMILES string of the molecule is CC(Oc1ccc(Cl)cc1)C(=O)NCc1ccc(C(F)(F)F)cc1. The van der Waals surface area contributed by atoms with Gasteiger partial charge >= 0.3 is 6.18 Å². The highest BCUT2D eigenvalue weighted by atomic mass is 35.5. The van der Waals surface area contributed by atoms with E-state index in [4.69, 9.17) is 16.3 Å². The summed E-state index contributed by atoms with van der Waals surface area (Å²) in [5.41, 5.74) is -0.160. The zero-order chi connectivity index (χ0) is 17.7. The molecule has 0 heterocycles. The van der Waals surface area contributed by atoms with Crippen LogP contribution >= 0.6 is 11.6 Å². The van der Waals surface area contributed by atoms with Crippen LogP contribution in [0, 0.1) is 0 Å². The second kappa shape index (κ2) is 7.57. The minimum Gasteiger partial charge on any atom is -0.481 e. The van der Waals surface area contributed by atoms with Crippen LogP contribution < -0.4 is 10.1 Å². The lowest BCUT2D eigenvalue weighted by Gasteiger charge is -2.15. The van der Waals surface area contributed by atoms with Crippen LogP contribution in [0.2, 0.25) is 5.02 Å². The first-order chi connectivity index (χ1) is 11.3. The molecule has 0 radical (unpaired) electrons. The van der Waals surface area contributed by atoms with Crippen LogP contribution in [0.15, 0.2) is 48.5 Å². The zero-order valence-corrected chi connectivity index (χ0v) is 13.5. The molecule has 1 amide bonds. The van der Waals surface area contributed by atoms with E-state index in [2.05, 4.69) is 5.32 Å². The molecule has 0 aliphatic rings. The molecule has 2 aromatic carbocycles. The number of benzene rings is 2. The van der Waals surface area contributed by atoms with Gasteiger partial charge in [-0.2, -0.15) is 13.2 Å². The second-order valence-electron chi connectivity index (χ2n) is 5.13. The second-order valence-corrected chi connectivity index (χ2v) is 5.56. The number of carbonyl (C=O) groups is 1. The summed E-state index contributed by atoms with van der Waals surface area (Å²) < 4.78 is 42.9. The van der Waals surface area contributed by atoms with Gasteiger partial charge in [0.05, 0.1) is 5.56 Å². The first-order valence-corrected chi connectivity index (χ1v) is 7.49. The Morgan fingerprint density at radius 1 is 1.12 bits per heavy atom. The molecule has 0 spiro atoms. The largest absolute Gasteiger partial charge is 0.481 e. The van der Waals surface area contributed by atoms with E-state index in [1.165, 1.54) is 12.1 Å². The Balaban J connectivity index is 1.86. The number of hydrogen-bond donors (Lipinski definition) is 1. The summed E-state index contributed by atoms with van der Waals surface area (Å²) in [4.78, 5) is 12.0. The van der Waals surface area contributed by atoms with Crippen LogP contribution in [-0.4, -0.2) is 12.0 Å². The van der Waals surface area contributed by atoms with E-state index < -0.39 is 17.8 Å². The van der Waals surface area contributed by atoms with Gasteiger partial charge in [-0.15, -0.1) is 0 Å². The summed E-state index contributed by atoms with van der Waals surface area (Å²) in [5.74, 6) is 0.126. The lowest BCUT2D eigenvalue weighted by Crippen LogP contribution is -2.35. The summed E-state index contributed by atoms with van der Waals surface area (Å²) >= 11 is 5.76. The third kappa shape index (κ3) is 5.16. The lowest BCUT2D eigenvalue weighted by molar-refractivity contribution is -0.137. The molecule has 1 unspecified atom stereocenters. The van der Waals surface area contributed by atoms with Crippen molar-refractivity contribution in [1.82, 2.24) is 5.32 Å². The van der Waals surface area contributed by atoms with Crippen molar-refractivity contribution in [3.63, 3.8) is 0 Å². The Morgan fingerprint density at radius 2 is 1.71 bits per heavy atom. The monoisotopic (exact) mass is 357 g/mol. The fourth-order valence-corrected chi connectivity index (χ4v) is 2.04. The normalized spacial score (nSPS) is 12.5. The molecule has 2 rings (SSSR count). The minimum absolute atomic E-state index is 0.116. The number of hydrogen-bond acceptors (Lipinski definition) is 2. The van der Waals surface area contributed by atoms with Gasteiger partial charge in [-0.3, -0.25) is 4.79 Å². The number of halogens is 4. The predicted octanol–water partition coefficient (Wildman–Crippen LogP) is 4.44.